The van der Waals surface area contributed by atoms with Gasteiger partial charge in [-0.2, -0.15) is 0 Å². The second-order valence-electron chi connectivity index (χ2n) is 11.5. The first kappa shape index (κ1) is 36.4. The van der Waals surface area contributed by atoms with Gasteiger partial charge in [0.2, 0.25) is 5.91 Å². The normalized spacial score (nSPS) is 10.6. The van der Waals surface area contributed by atoms with Crippen LogP contribution in [0.2, 0.25) is 0 Å². The fourth-order valence-corrected chi connectivity index (χ4v) is 4.91. The van der Waals surface area contributed by atoms with Crippen molar-refractivity contribution >= 4 is 29.4 Å². The maximum absolute atomic E-state index is 13.3. The summed E-state index contributed by atoms with van der Waals surface area (Å²) in [7, 11) is 0. The van der Waals surface area contributed by atoms with E-state index in [1.165, 1.54) is 36.3 Å². The van der Waals surface area contributed by atoms with Gasteiger partial charge in [0.15, 0.2) is 0 Å². The number of carboxylic acids is 1. The average Bonchev–Trinajstić information content (AvgIpc) is 3.11. The summed E-state index contributed by atoms with van der Waals surface area (Å²) in [6, 6.07) is 29.0. The molecule has 0 unspecified atom stereocenters. The van der Waals surface area contributed by atoms with Gasteiger partial charge in [-0.15, -0.1) is 0 Å². The van der Waals surface area contributed by atoms with Gasteiger partial charge in [-0.3, -0.25) is 14.4 Å². The van der Waals surface area contributed by atoms with Crippen molar-refractivity contribution in [2.45, 2.75) is 52.2 Å². The van der Waals surface area contributed by atoms with Crippen LogP contribution < -0.4 is 14.8 Å². The Bertz CT molecular complexity index is 1640. The molecule has 0 saturated carbocycles. The molecule has 2 amide bonds. The number of benzene rings is 4. The maximum Gasteiger partial charge on any atom is 0.343 e. The summed E-state index contributed by atoms with van der Waals surface area (Å²) in [5, 5.41) is 12.2. The van der Waals surface area contributed by atoms with Gasteiger partial charge in [0.05, 0.1) is 18.8 Å². The summed E-state index contributed by atoms with van der Waals surface area (Å²) in [5.74, 6) is -1.53. The van der Waals surface area contributed by atoms with E-state index in [-0.39, 0.29) is 24.6 Å². The third-order valence-electron chi connectivity index (χ3n) is 7.49. The molecule has 256 valence electrons. The van der Waals surface area contributed by atoms with Crippen molar-refractivity contribution in [3.8, 4) is 11.5 Å². The van der Waals surface area contributed by atoms with Gasteiger partial charge in [0.25, 0.3) is 5.91 Å². The van der Waals surface area contributed by atoms with Gasteiger partial charge in [-0.25, -0.2) is 4.79 Å². The quantitative estimate of drug-likeness (QED) is 0.0614. The Morgan fingerprint density at radius 1 is 0.714 bits per heavy atom. The van der Waals surface area contributed by atoms with Crippen LogP contribution in [0.3, 0.4) is 0 Å². The summed E-state index contributed by atoms with van der Waals surface area (Å²) in [6.45, 7) is 2.47. The van der Waals surface area contributed by atoms with E-state index in [2.05, 4.69) is 12.2 Å². The Morgan fingerprint density at radius 3 is 2.04 bits per heavy atom. The number of carbonyl (C=O) groups is 4. The van der Waals surface area contributed by atoms with Crippen molar-refractivity contribution in [1.29, 1.82) is 0 Å². The molecule has 4 aromatic carbocycles. The second kappa shape index (κ2) is 19.4. The number of ether oxygens (including phenoxy) is 3. The number of hydrogen-bond donors (Lipinski definition) is 2. The third kappa shape index (κ3) is 12.6. The summed E-state index contributed by atoms with van der Waals surface area (Å²) in [5.41, 5.74) is 2.70. The molecule has 4 aromatic rings. The lowest BCUT2D eigenvalue weighted by Crippen LogP contribution is -2.35. The first-order valence-corrected chi connectivity index (χ1v) is 16.4. The first-order valence-electron chi connectivity index (χ1n) is 16.4. The monoisotopic (exact) mass is 666 g/mol. The Hall–Kier alpha value is -5.48. The summed E-state index contributed by atoms with van der Waals surface area (Å²) in [4.78, 5) is 51.0. The minimum absolute atomic E-state index is 0.0106. The Morgan fingerprint density at radius 2 is 1.37 bits per heavy atom. The largest absolute Gasteiger partial charge is 0.494 e. The molecule has 0 aliphatic carbocycles. The van der Waals surface area contributed by atoms with Crippen LogP contribution in [0.5, 0.6) is 11.5 Å². The molecule has 0 saturated heterocycles. The van der Waals surface area contributed by atoms with Crippen LogP contribution in [0, 0.1) is 0 Å². The number of unbranched alkanes of at least 4 members (excludes halogenated alkanes) is 4. The van der Waals surface area contributed by atoms with Crippen LogP contribution >= 0.6 is 0 Å². The highest BCUT2D eigenvalue weighted by Gasteiger charge is 2.20. The molecule has 4 rings (SSSR count). The van der Waals surface area contributed by atoms with Crippen LogP contribution in [-0.4, -0.2) is 53.5 Å². The standard InChI is InChI=1S/C39H42N2O8/c1-2-3-4-5-9-24-48-34-22-16-32(17-23-34)39(46)49-35-20-12-29(13-21-35)25-41(26-37(43)44)38(45)31-14-18-33(19-15-31)40-36(42)28-47-27-30-10-7-6-8-11-30/h6-8,10-23H,2-5,9,24-28H2,1H3,(H,40,42)(H,43,44). The number of amides is 2. The zero-order chi connectivity index (χ0) is 34.8. The van der Waals surface area contributed by atoms with E-state index < -0.39 is 24.4 Å². The fraction of sp³-hybridized carbons (Fsp3) is 0.282. The zero-order valence-corrected chi connectivity index (χ0v) is 27.6. The molecule has 0 fully saturated rings. The average molecular weight is 667 g/mol. The van der Waals surface area contributed by atoms with Gasteiger partial charge < -0.3 is 29.5 Å². The molecule has 0 bridgehead atoms. The van der Waals surface area contributed by atoms with Crippen molar-refractivity contribution in [2.24, 2.45) is 0 Å². The lowest BCUT2D eigenvalue weighted by atomic mass is 10.1. The van der Waals surface area contributed by atoms with Gasteiger partial charge in [-0.1, -0.05) is 75.1 Å². The highest BCUT2D eigenvalue weighted by atomic mass is 16.5. The summed E-state index contributed by atoms with van der Waals surface area (Å²) < 4.78 is 16.7. The minimum atomic E-state index is -1.17. The van der Waals surface area contributed by atoms with Gasteiger partial charge in [0.1, 0.15) is 24.7 Å². The molecule has 49 heavy (non-hydrogen) atoms. The van der Waals surface area contributed by atoms with E-state index in [1.807, 2.05) is 30.3 Å². The number of esters is 1. The number of nitrogens with one attached hydrogen (secondary N) is 1. The Labute approximate surface area is 286 Å². The van der Waals surface area contributed by atoms with Crippen molar-refractivity contribution in [3.05, 3.63) is 125 Å². The van der Waals surface area contributed by atoms with Gasteiger partial charge in [0, 0.05) is 17.8 Å². The molecular weight excluding hydrogens is 624 g/mol. The Kier molecular flexibility index (Phi) is 14.4. The SMILES string of the molecule is CCCCCCCOc1ccc(C(=O)Oc2ccc(CN(CC(=O)O)C(=O)c3ccc(NC(=O)COCc4ccccc4)cc3)cc2)cc1. The number of aliphatic carboxylic acids is 1. The van der Waals surface area contributed by atoms with Crippen molar-refractivity contribution in [3.63, 3.8) is 0 Å². The minimum Gasteiger partial charge on any atom is -0.494 e. The van der Waals surface area contributed by atoms with Crippen molar-refractivity contribution < 1.29 is 38.5 Å². The summed E-state index contributed by atoms with van der Waals surface area (Å²) in [6.07, 6.45) is 5.76. The molecule has 0 atom stereocenters. The van der Waals surface area contributed by atoms with Crippen LogP contribution in [0.4, 0.5) is 5.69 Å². The number of rotatable bonds is 19. The molecule has 0 aliphatic rings. The number of anilines is 1. The lowest BCUT2D eigenvalue weighted by Gasteiger charge is -2.21. The van der Waals surface area contributed by atoms with Crippen LogP contribution in [0.25, 0.3) is 0 Å². The van der Waals surface area contributed by atoms with E-state index >= 15 is 0 Å². The molecule has 0 radical (unpaired) electrons. The lowest BCUT2D eigenvalue weighted by molar-refractivity contribution is -0.137. The van der Waals surface area contributed by atoms with Crippen molar-refractivity contribution in [2.75, 3.05) is 25.1 Å². The van der Waals surface area contributed by atoms with Crippen LogP contribution in [0.15, 0.2) is 103 Å². The number of carbonyl (C=O) groups excluding carboxylic acids is 3. The first-order chi connectivity index (χ1) is 23.8. The predicted molar refractivity (Wildman–Crippen MR) is 186 cm³/mol. The van der Waals surface area contributed by atoms with Gasteiger partial charge >= 0.3 is 11.9 Å². The number of carboxylic acid groups (broad SMARTS) is 1. The molecular formula is C39H42N2O8. The van der Waals surface area contributed by atoms with Crippen LogP contribution in [-0.2, 0) is 27.5 Å². The van der Waals surface area contributed by atoms with E-state index in [1.54, 1.807) is 60.7 Å². The highest BCUT2D eigenvalue weighted by Crippen LogP contribution is 2.19. The topological polar surface area (TPSA) is 131 Å². The van der Waals surface area contributed by atoms with E-state index in [9.17, 15) is 24.3 Å². The van der Waals surface area contributed by atoms with Gasteiger partial charge in [-0.05, 0) is 78.2 Å². The molecule has 0 heterocycles. The van der Waals surface area contributed by atoms with Crippen LogP contribution in [0.1, 0.15) is 70.9 Å². The fourth-order valence-electron chi connectivity index (χ4n) is 4.91. The zero-order valence-electron chi connectivity index (χ0n) is 27.6. The van der Waals surface area contributed by atoms with E-state index in [0.29, 0.717) is 41.5 Å². The van der Waals surface area contributed by atoms with E-state index in [4.69, 9.17) is 14.2 Å². The Balaban J connectivity index is 1.26. The molecule has 2 N–H and O–H groups in total. The second-order valence-corrected chi connectivity index (χ2v) is 11.5. The smallest absolute Gasteiger partial charge is 0.343 e. The molecule has 10 heteroatoms. The number of nitrogens with zero attached hydrogens (tertiary/aromatic N) is 1. The molecule has 0 spiro atoms. The summed E-state index contributed by atoms with van der Waals surface area (Å²) >= 11 is 0. The molecule has 0 aromatic heterocycles. The number of hydrogen-bond acceptors (Lipinski definition) is 7. The van der Waals surface area contributed by atoms with Crippen molar-refractivity contribution in [1.82, 2.24) is 4.90 Å². The molecule has 0 aliphatic heterocycles. The molecule has 10 nitrogen and oxygen atoms in total. The highest BCUT2D eigenvalue weighted by molar-refractivity contribution is 5.97. The predicted octanol–water partition coefficient (Wildman–Crippen LogP) is 7.14. The maximum atomic E-state index is 13.3. The third-order valence-corrected chi connectivity index (χ3v) is 7.49. The van der Waals surface area contributed by atoms with E-state index in [0.717, 1.165) is 18.4 Å².